The molecule has 0 saturated heterocycles. The van der Waals surface area contributed by atoms with Gasteiger partial charge in [-0.05, 0) is 30.7 Å². The number of hydrogen-bond acceptors (Lipinski definition) is 3. The largest absolute Gasteiger partial charge is 0.299 e. The lowest BCUT2D eigenvalue weighted by molar-refractivity contribution is 0.112. The molecule has 3 aromatic heterocycles. The fourth-order valence-electron chi connectivity index (χ4n) is 2.00. The second-order valence-corrected chi connectivity index (χ2v) is 4.14. The Balaban J connectivity index is 2.36. The molecule has 0 unspecified atom stereocenters. The van der Waals surface area contributed by atoms with Gasteiger partial charge in [-0.1, -0.05) is 6.07 Å². The lowest BCUT2D eigenvalue weighted by Gasteiger charge is -2.01. The van der Waals surface area contributed by atoms with Crippen molar-refractivity contribution in [2.24, 2.45) is 0 Å². The Morgan fingerprint density at radius 3 is 2.89 bits per heavy atom. The zero-order chi connectivity index (χ0) is 12.5. The Morgan fingerprint density at radius 2 is 2.17 bits per heavy atom. The fourth-order valence-corrected chi connectivity index (χ4v) is 2.00. The molecule has 0 atom stereocenters. The molecule has 0 aliphatic heterocycles. The minimum atomic E-state index is 0.453. The quantitative estimate of drug-likeness (QED) is 0.643. The minimum absolute atomic E-state index is 0.453. The predicted molar refractivity (Wildman–Crippen MR) is 68.5 cm³/mol. The average molecular weight is 237 g/mol. The van der Waals surface area contributed by atoms with Gasteiger partial charge in [-0.25, -0.2) is 4.98 Å². The maximum absolute atomic E-state index is 11.1. The van der Waals surface area contributed by atoms with Gasteiger partial charge in [0.05, 0.1) is 5.52 Å². The van der Waals surface area contributed by atoms with Crippen molar-refractivity contribution in [1.29, 1.82) is 0 Å². The van der Waals surface area contributed by atoms with Crippen LogP contribution in [-0.2, 0) is 0 Å². The van der Waals surface area contributed by atoms with Crippen molar-refractivity contribution < 1.29 is 4.79 Å². The van der Waals surface area contributed by atoms with Crippen LogP contribution < -0.4 is 0 Å². The molecule has 0 saturated carbocycles. The third-order valence-electron chi connectivity index (χ3n) is 2.84. The first-order chi connectivity index (χ1) is 8.79. The summed E-state index contributed by atoms with van der Waals surface area (Å²) in [7, 11) is 0. The molecule has 0 fully saturated rings. The van der Waals surface area contributed by atoms with E-state index in [1.165, 1.54) is 0 Å². The van der Waals surface area contributed by atoms with Gasteiger partial charge in [0, 0.05) is 24.2 Å². The van der Waals surface area contributed by atoms with E-state index in [1.54, 1.807) is 12.4 Å². The summed E-state index contributed by atoms with van der Waals surface area (Å²) in [6.07, 6.45) is 6.21. The van der Waals surface area contributed by atoms with Crippen molar-refractivity contribution in [3.05, 3.63) is 54.1 Å². The zero-order valence-electron chi connectivity index (χ0n) is 9.87. The first-order valence-electron chi connectivity index (χ1n) is 5.64. The first-order valence-corrected chi connectivity index (χ1v) is 5.64. The van der Waals surface area contributed by atoms with Crippen LogP contribution in [0.15, 0.2) is 42.9 Å². The Labute approximate surface area is 104 Å². The number of imidazole rings is 1. The van der Waals surface area contributed by atoms with Crippen molar-refractivity contribution in [3.63, 3.8) is 0 Å². The van der Waals surface area contributed by atoms with Gasteiger partial charge in [0.15, 0.2) is 6.29 Å². The molecule has 0 amide bonds. The molecular formula is C14H11N3O. The number of aromatic nitrogens is 3. The summed E-state index contributed by atoms with van der Waals surface area (Å²) in [6, 6.07) is 7.66. The lowest BCUT2D eigenvalue weighted by Crippen LogP contribution is -1.90. The molecular weight excluding hydrogens is 226 g/mol. The molecule has 0 radical (unpaired) electrons. The monoisotopic (exact) mass is 237 g/mol. The number of carbonyl (C=O) groups excluding carboxylic acids is 1. The highest BCUT2D eigenvalue weighted by atomic mass is 16.1. The maximum atomic E-state index is 11.1. The summed E-state index contributed by atoms with van der Waals surface area (Å²) in [6.45, 7) is 2.01. The van der Waals surface area contributed by atoms with E-state index in [-0.39, 0.29) is 0 Å². The zero-order valence-corrected chi connectivity index (χ0v) is 9.87. The Bertz CT molecular complexity index is 716. The van der Waals surface area contributed by atoms with Crippen molar-refractivity contribution in [2.75, 3.05) is 0 Å². The lowest BCUT2D eigenvalue weighted by atomic mass is 10.2. The highest BCUT2D eigenvalue weighted by Gasteiger charge is 2.11. The molecule has 18 heavy (non-hydrogen) atoms. The van der Waals surface area contributed by atoms with Gasteiger partial charge in [0.2, 0.25) is 0 Å². The molecule has 0 aliphatic rings. The van der Waals surface area contributed by atoms with E-state index >= 15 is 0 Å². The molecule has 0 spiro atoms. The number of pyridine rings is 2. The average Bonchev–Trinajstić information content (AvgIpc) is 2.77. The topological polar surface area (TPSA) is 47.3 Å². The summed E-state index contributed by atoms with van der Waals surface area (Å²) < 4.78 is 1.93. The van der Waals surface area contributed by atoms with Gasteiger partial charge in [-0.15, -0.1) is 0 Å². The third kappa shape index (κ3) is 1.59. The second-order valence-electron chi connectivity index (χ2n) is 4.14. The number of hydrogen-bond donors (Lipinski definition) is 0. The smallest absolute Gasteiger partial charge is 0.170 e. The SMILES string of the molecule is Cc1ccc2c(C=O)nc(-c3cccnc3)n2c1. The number of carbonyl (C=O) groups is 1. The van der Waals surface area contributed by atoms with Crippen LogP contribution in [0.5, 0.6) is 0 Å². The molecule has 0 aliphatic carbocycles. The van der Waals surface area contributed by atoms with Gasteiger partial charge in [-0.3, -0.25) is 14.2 Å². The summed E-state index contributed by atoms with van der Waals surface area (Å²) in [5.41, 5.74) is 3.27. The van der Waals surface area contributed by atoms with Gasteiger partial charge >= 0.3 is 0 Å². The molecule has 3 rings (SSSR count). The maximum Gasteiger partial charge on any atom is 0.170 e. The Hall–Kier alpha value is -2.49. The summed E-state index contributed by atoms with van der Waals surface area (Å²) in [4.78, 5) is 19.5. The fraction of sp³-hybridized carbons (Fsp3) is 0.0714. The van der Waals surface area contributed by atoms with Crippen LogP contribution in [0.2, 0.25) is 0 Å². The first kappa shape index (κ1) is 10.7. The standard InChI is InChI=1S/C14H11N3O/c1-10-4-5-13-12(9-18)16-14(17(13)8-10)11-3-2-6-15-7-11/h2-9H,1H3. The molecule has 0 N–H and O–H groups in total. The van der Waals surface area contributed by atoms with Gasteiger partial charge in [-0.2, -0.15) is 0 Å². The molecule has 3 aromatic rings. The summed E-state index contributed by atoms with van der Waals surface area (Å²) in [5.74, 6) is 0.740. The van der Waals surface area contributed by atoms with Crippen LogP contribution in [0.1, 0.15) is 16.1 Å². The minimum Gasteiger partial charge on any atom is -0.299 e. The van der Waals surface area contributed by atoms with Crippen LogP contribution in [0.3, 0.4) is 0 Å². The van der Waals surface area contributed by atoms with E-state index in [9.17, 15) is 4.79 Å². The second kappa shape index (κ2) is 4.07. The number of rotatable bonds is 2. The Kier molecular flexibility index (Phi) is 2.41. The van der Waals surface area contributed by atoms with E-state index < -0.39 is 0 Å². The normalized spacial score (nSPS) is 10.7. The van der Waals surface area contributed by atoms with Crippen LogP contribution >= 0.6 is 0 Å². The predicted octanol–water partition coefficient (Wildman–Crippen LogP) is 2.52. The van der Waals surface area contributed by atoms with Gasteiger partial charge < -0.3 is 0 Å². The highest BCUT2D eigenvalue weighted by Crippen LogP contribution is 2.21. The van der Waals surface area contributed by atoms with E-state index in [4.69, 9.17) is 0 Å². The molecule has 88 valence electrons. The van der Waals surface area contributed by atoms with Crippen LogP contribution in [0.4, 0.5) is 0 Å². The number of fused-ring (bicyclic) bond motifs is 1. The molecule has 0 bridgehead atoms. The Morgan fingerprint density at radius 1 is 1.28 bits per heavy atom. The highest BCUT2D eigenvalue weighted by molar-refractivity contribution is 5.86. The number of nitrogens with zero attached hydrogens (tertiary/aromatic N) is 3. The van der Waals surface area contributed by atoms with Crippen molar-refractivity contribution in [2.45, 2.75) is 6.92 Å². The van der Waals surface area contributed by atoms with E-state index in [0.29, 0.717) is 5.69 Å². The van der Waals surface area contributed by atoms with Crippen LogP contribution in [0.25, 0.3) is 16.9 Å². The number of aryl methyl sites for hydroxylation is 1. The van der Waals surface area contributed by atoms with Crippen LogP contribution in [0, 0.1) is 6.92 Å². The summed E-state index contributed by atoms with van der Waals surface area (Å²) >= 11 is 0. The summed E-state index contributed by atoms with van der Waals surface area (Å²) in [5, 5.41) is 0. The molecule has 4 nitrogen and oxygen atoms in total. The molecule has 4 heteroatoms. The van der Waals surface area contributed by atoms with E-state index in [0.717, 1.165) is 28.8 Å². The molecule has 3 heterocycles. The van der Waals surface area contributed by atoms with Crippen molar-refractivity contribution >= 4 is 11.8 Å². The van der Waals surface area contributed by atoms with Crippen molar-refractivity contribution in [3.8, 4) is 11.4 Å². The van der Waals surface area contributed by atoms with E-state index in [2.05, 4.69) is 9.97 Å². The van der Waals surface area contributed by atoms with Gasteiger partial charge in [0.25, 0.3) is 0 Å². The number of aldehydes is 1. The van der Waals surface area contributed by atoms with Crippen LogP contribution in [-0.4, -0.2) is 20.7 Å². The van der Waals surface area contributed by atoms with Gasteiger partial charge in [0.1, 0.15) is 11.5 Å². The third-order valence-corrected chi connectivity index (χ3v) is 2.84. The molecule has 0 aromatic carbocycles. The van der Waals surface area contributed by atoms with Crippen molar-refractivity contribution in [1.82, 2.24) is 14.4 Å². The van der Waals surface area contributed by atoms with E-state index in [1.807, 2.05) is 41.8 Å².